The molecule has 0 radical (unpaired) electrons. The zero-order valence-corrected chi connectivity index (χ0v) is 11.6. The van der Waals surface area contributed by atoms with Crippen molar-refractivity contribution < 1.29 is 9.53 Å². The Balaban J connectivity index is 1.90. The maximum absolute atomic E-state index is 10.4. The number of nitrogens with zero attached hydrogens (tertiary/aromatic N) is 3. The van der Waals surface area contributed by atoms with Gasteiger partial charge in [-0.15, -0.1) is 5.10 Å². The Morgan fingerprint density at radius 3 is 3.00 bits per heavy atom. The fourth-order valence-electron chi connectivity index (χ4n) is 1.32. The monoisotopic (exact) mass is 329 g/mol. The van der Waals surface area contributed by atoms with E-state index in [9.17, 15) is 4.79 Å². The molecule has 5 nitrogen and oxygen atoms in total. The molecular formula is C11H9BrClN3O2. The van der Waals surface area contributed by atoms with Crippen molar-refractivity contribution in [3.63, 3.8) is 0 Å². The molecule has 0 unspecified atom stereocenters. The Hall–Kier alpha value is -1.40. The number of carbonyl (C=O) groups excluding carboxylic acids is 1. The number of hydrogen-bond donors (Lipinski definition) is 0. The van der Waals surface area contributed by atoms with Crippen LogP contribution in [-0.2, 0) is 6.54 Å². The highest BCUT2D eigenvalue weighted by atomic mass is 79.9. The van der Waals surface area contributed by atoms with Crippen LogP contribution < -0.4 is 4.74 Å². The summed E-state index contributed by atoms with van der Waals surface area (Å²) in [5, 5.41) is 8.07. The third-order valence-electron chi connectivity index (χ3n) is 2.15. The number of rotatable bonds is 5. The van der Waals surface area contributed by atoms with Gasteiger partial charge in [0.2, 0.25) is 0 Å². The molecule has 1 aromatic carbocycles. The molecule has 7 heteroatoms. The van der Waals surface area contributed by atoms with E-state index in [1.165, 1.54) is 0 Å². The first kappa shape index (κ1) is 13.0. The van der Waals surface area contributed by atoms with Gasteiger partial charge in [0.25, 0.3) is 0 Å². The second-order valence-electron chi connectivity index (χ2n) is 3.45. The minimum absolute atomic E-state index is 0.308. The largest absolute Gasteiger partial charge is 0.490 e. The van der Waals surface area contributed by atoms with Crippen LogP contribution in [-0.4, -0.2) is 27.9 Å². The Kier molecular flexibility index (Phi) is 4.33. The summed E-state index contributed by atoms with van der Waals surface area (Å²) in [5.41, 5.74) is 0.308. The Morgan fingerprint density at radius 1 is 1.50 bits per heavy atom. The molecule has 2 aromatic rings. The van der Waals surface area contributed by atoms with Crippen LogP contribution in [0.4, 0.5) is 0 Å². The minimum Gasteiger partial charge on any atom is -0.490 e. The normalized spacial score (nSPS) is 10.3. The summed E-state index contributed by atoms with van der Waals surface area (Å²) in [5.74, 6) is 0.704. The third-order valence-corrected chi connectivity index (χ3v) is 3.00. The minimum atomic E-state index is 0.308. The summed E-state index contributed by atoms with van der Waals surface area (Å²) >= 11 is 9.18. The molecule has 2 rings (SSSR count). The van der Waals surface area contributed by atoms with Crippen LogP contribution in [0.2, 0.25) is 5.02 Å². The van der Waals surface area contributed by atoms with Gasteiger partial charge >= 0.3 is 0 Å². The summed E-state index contributed by atoms with van der Waals surface area (Å²) in [6.07, 6.45) is 2.22. The van der Waals surface area contributed by atoms with Crippen LogP contribution in [0, 0.1) is 0 Å². The summed E-state index contributed by atoms with van der Waals surface area (Å²) in [6, 6.07) is 5.29. The van der Waals surface area contributed by atoms with Gasteiger partial charge in [-0.2, -0.15) is 0 Å². The lowest BCUT2D eigenvalue weighted by atomic mass is 10.3. The Morgan fingerprint density at radius 2 is 2.33 bits per heavy atom. The second-order valence-corrected chi connectivity index (χ2v) is 4.74. The number of halogens is 2. The zero-order valence-electron chi connectivity index (χ0n) is 9.22. The van der Waals surface area contributed by atoms with Crippen LogP contribution in [0.25, 0.3) is 0 Å². The number of aromatic nitrogens is 3. The molecule has 0 bridgehead atoms. The van der Waals surface area contributed by atoms with Gasteiger partial charge in [-0.05, 0) is 34.1 Å². The predicted octanol–water partition coefficient (Wildman–Crippen LogP) is 2.59. The van der Waals surface area contributed by atoms with Gasteiger partial charge in [0, 0.05) is 5.02 Å². The van der Waals surface area contributed by atoms with Gasteiger partial charge < -0.3 is 4.74 Å². The average Bonchev–Trinajstić information content (AvgIpc) is 2.80. The molecule has 94 valence electrons. The predicted molar refractivity (Wildman–Crippen MR) is 70.1 cm³/mol. The first-order valence-electron chi connectivity index (χ1n) is 5.12. The summed E-state index contributed by atoms with van der Waals surface area (Å²) < 4.78 is 7.90. The molecule has 0 atom stereocenters. The maximum atomic E-state index is 10.4. The summed E-state index contributed by atoms with van der Waals surface area (Å²) in [4.78, 5) is 10.4. The van der Waals surface area contributed by atoms with Crippen molar-refractivity contribution in [1.29, 1.82) is 0 Å². The molecule has 0 saturated carbocycles. The maximum Gasteiger partial charge on any atom is 0.171 e. The van der Waals surface area contributed by atoms with E-state index < -0.39 is 0 Å². The van der Waals surface area contributed by atoms with Crippen LogP contribution in [0.5, 0.6) is 5.75 Å². The molecule has 0 spiro atoms. The molecular weight excluding hydrogens is 321 g/mol. The van der Waals surface area contributed by atoms with Crippen molar-refractivity contribution in [3.05, 3.63) is 39.6 Å². The Labute approximate surface area is 117 Å². The Bertz CT molecular complexity index is 559. The van der Waals surface area contributed by atoms with Crippen molar-refractivity contribution in [2.45, 2.75) is 6.54 Å². The first-order valence-corrected chi connectivity index (χ1v) is 6.29. The van der Waals surface area contributed by atoms with Crippen molar-refractivity contribution in [2.24, 2.45) is 0 Å². The van der Waals surface area contributed by atoms with Crippen LogP contribution in [0.15, 0.2) is 28.9 Å². The van der Waals surface area contributed by atoms with E-state index in [1.54, 1.807) is 29.1 Å². The molecule has 1 aromatic heterocycles. The van der Waals surface area contributed by atoms with Gasteiger partial charge in [0.1, 0.15) is 18.1 Å². The van der Waals surface area contributed by atoms with E-state index in [0.29, 0.717) is 35.9 Å². The van der Waals surface area contributed by atoms with E-state index in [2.05, 4.69) is 26.2 Å². The zero-order chi connectivity index (χ0) is 13.0. The van der Waals surface area contributed by atoms with Crippen LogP contribution in [0.1, 0.15) is 10.5 Å². The fourth-order valence-corrected chi connectivity index (χ4v) is 2.12. The highest BCUT2D eigenvalue weighted by Crippen LogP contribution is 2.27. The van der Waals surface area contributed by atoms with E-state index in [-0.39, 0.29) is 0 Å². The highest BCUT2D eigenvalue weighted by molar-refractivity contribution is 9.10. The van der Waals surface area contributed by atoms with Gasteiger partial charge in [-0.25, -0.2) is 4.68 Å². The quantitative estimate of drug-likeness (QED) is 0.791. The molecule has 0 fully saturated rings. The SMILES string of the molecule is O=Cc1cn(CCOc2ccc(Cl)cc2Br)nn1. The van der Waals surface area contributed by atoms with Gasteiger partial charge in [0.05, 0.1) is 17.2 Å². The lowest BCUT2D eigenvalue weighted by Crippen LogP contribution is -2.09. The standard InChI is InChI=1S/C11H9BrClN3O2/c12-10-5-8(13)1-2-11(10)18-4-3-16-6-9(7-17)14-15-16/h1-2,5-7H,3-4H2. The van der Waals surface area contributed by atoms with E-state index in [1.807, 2.05) is 0 Å². The molecule has 0 amide bonds. The van der Waals surface area contributed by atoms with E-state index in [4.69, 9.17) is 16.3 Å². The van der Waals surface area contributed by atoms with Gasteiger partial charge in [-0.3, -0.25) is 4.79 Å². The lowest BCUT2D eigenvalue weighted by molar-refractivity contribution is 0.111. The third kappa shape index (κ3) is 3.30. The van der Waals surface area contributed by atoms with Crippen LogP contribution >= 0.6 is 27.5 Å². The summed E-state index contributed by atoms with van der Waals surface area (Å²) in [7, 11) is 0. The molecule has 0 N–H and O–H groups in total. The van der Waals surface area contributed by atoms with Crippen molar-refractivity contribution in [1.82, 2.24) is 15.0 Å². The van der Waals surface area contributed by atoms with Crippen molar-refractivity contribution >= 4 is 33.8 Å². The van der Waals surface area contributed by atoms with Crippen molar-refractivity contribution in [3.8, 4) is 5.75 Å². The molecule has 0 aliphatic heterocycles. The van der Waals surface area contributed by atoms with Gasteiger partial charge in [-0.1, -0.05) is 16.8 Å². The number of ether oxygens (including phenoxy) is 1. The first-order chi connectivity index (χ1) is 8.69. The highest BCUT2D eigenvalue weighted by Gasteiger charge is 2.03. The second kappa shape index (κ2) is 5.97. The van der Waals surface area contributed by atoms with Crippen LogP contribution in [0.3, 0.4) is 0 Å². The van der Waals surface area contributed by atoms with Crippen molar-refractivity contribution in [2.75, 3.05) is 6.61 Å². The van der Waals surface area contributed by atoms with E-state index in [0.717, 1.165) is 4.47 Å². The molecule has 0 aliphatic carbocycles. The number of benzene rings is 1. The van der Waals surface area contributed by atoms with Gasteiger partial charge in [0.15, 0.2) is 6.29 Å². The molecule has 18 heavy (non-hydrogen) atoms. The molecule has 0 saturated heterocycles. The number of aldehydes is 1. The smallest absolute Gasteiger partial charge is 0.171 e. The topological polar surface area (TPSA) is 57.0 Å². The fraction of sp³-hybridized carbons (Fsp3) is 0.182. The average molecular weight is 331 g/mol. The lowest BCUT2D eigenvalue weighted by Gasteiger charge is -2.07. The van der Waals surface area contributed by atoms with E-state index >= 15 is 0 Å². The summed E-state index contributed by atoms with van der Waals surface area (Å²) in [6.45, 7) is 0.928. The molecule has 0 aliphatic rings. The number of carbonyl (C=O) groups is 1. The molecule has 1 heterocycles. The number of hydrogen-bond acceptors (Lipinski definition) is 4.